The topological polar surface area (TPSA) is 26.3 Å². The van der Waals surface area contributed by atoms with Crippen molar-refractivity contribution in [3.05, 3.63) is 65.0 Å². The minimum atomic E-state index is -0.823. The SMILES string of the molecule is Cc1ccc(F)cc1OCC(=O)c1cc(F)ccc1F. The maximum absolute atomic E-state index is 13.4. The van der Waals surface area contributed by atoms with Crippen LogP contribution in [-0.4, -0.2) is 12.4 Å². The lowest BCUT2D eigenvalue weighted by molar-refractivity contribution is 0.0916. The molecular formula is C15H11F3O2. The summed E-state index contributed by atoms with van der Waals surface area (Å²) in [6, 6.07) is 6.48. The van der Waals surface area contributed by atoms with Gasteiger partial charge in [0.25, 0.3) is 0 Å². The van der Waals surface area contributed by atoms with Gasteiger partial charge in [0, 0.05) is 6.07 Å². The molecule has 0 unspecified atom stereocenters. The third-order valence-corrected chi connectivity index (χ3v) is 2.74. The number of carbonyl (C=O) groups excluding carboxylic acids is 1. The Hall–Kier alpha value is -2.30. The van der Waals surface area contributed by atoms with E-state index in [1.807, 2.05) is 0 Å². The second-order valence-electron chi connectivity index (χ2n) is 4.25. The first-order valence-electron chi connectivity index (χ1n) is 5.84. The van der Waals surface area contributed by atoms with Gasteiger partial charge in [0.05, 0.1) is 5.56 Å². The Bertz CT molecular complexity index is 654. The van der Waals surface area contributed by atoms with Crippen LogP contribution < -0.4 is 4.74 Å². The average molecular weight is 280 g/mol. The normalized spacial score (nSPS) is 10.4. The molecule has 2 aromatic rings. The van der Waals surface area contributed by atoms with E-state index in [4.69, 9.17) is 4.74 Å². The van der Waals surface area contributed by atoms with Crippen LogP contribution in [0.1, 0.15) is 15.9 Å². The molecule has 0 radical (unpaired) electrons. The Kier molecular flexibility index (Phi) is 4.08. The Balaban J connectivity index is 2.12. The van der Waals surface area contributed by atoms with Gasteiger partial charge in [0.2, 0.25) is 5.78 Å². The third kappa shape index (κ3) is 3.17. The van der Waals surface area contributed by atoms with Gasteiger partial charge in [-0.25, -0.2) is 13.2 Å². The molecule has 2 rings (SSSR count). The van der Waals surface area contributed by atoms with Gasteiger partial charge < -0.3 is 4.74 Å². The Labute approximate surface area is 113 Å². The molecule has 2 aromatic carbocycles. The van der Waals surface area contributed by atoms with Crippen molar-refractivity contribution in [1.82, 2.24) is 0 Å². The first-order valence-corrected chi connectivity index (χ1v) is 5.84. The Morgan fingerprint density at radius 1 is 1.05 bits per heavy atom. The first kappa shape index (κ1) is 14.1. The average Bonchev–Trinajstić information content (AvgIpc) is 2.42. The maximum atomic E-state index is 13.4. The molecule has 0 aliphatic carbocycles. The molecule has 0 saturated carbocycles. The predicted octanol–water partition coefficient (Wildman–Crippen LogP) is 3.67. The zero-order chi connectivity index (χ0) is 14.7. The molecule has 0 aromatic heterocycles. The van der Waals surface area contributed by atoms with Crippen LogP contribution in [0.3, 0.4) is 0 Å². The summed E-state index contributed by atoms with van der Waals surface area (Å²) in [5.41, 5.74) is 0.248. The molecule has 0 spiro atoms. The second-order valence-corrected chi connectivity index (χ2v) is 4.25. The molecule has 0 bridgehead atoms. The number of benzene rings is 2. The Morgan fingerprint density at radius 3 is 2.45 bits per heavy atom. The van der Waals surface area contributed by atoms with E-state index in [1.165, 1.54) is 12.1 Å². The lowest BCUT2D eigenvalue weighted by Gasteiger charge is -2.09. The van der Waals surface area contributed by atoms with E-state index < -0.39 is 29.8 Å². The number of hydrogen-bond acceptors (Lipinski definition) is 2. The summed E-state index contributed by atoms with van der Waals surface area (Å²) >= 11 is 0. The fraction of sp³-hybridized carbons (Fsp3) is 0.133. The highest BCUT2D eigenvalue weighted by Gasteiger charge is 2.14. The van der Waals surface area contributed by atoms with Gasteiger partial charge in [-0.15, -0.1) is 0 Å². The van der Waals surface area contributed by atoms with Crippen molar-refractivity contribution in [2.75, 3.05) is 6.61 Å². The largest absolute Gasteiger partial charge is 0.485 e. The number of aryl methyl sites for hydroxylation is 1. The van der Waals surface area contributed by atoms with Crippen molar-refractivity contribution in [1.29, 1.82) is 0 Å². The fourth-order valence-corrected chi connectivity index (χ4v) is 1.66. The van der Waals surface area contributed by atoms with Crippen LogP contribution in [-0.2, 0) is 0 Å². The van der Waals surface area contributed by atoms with E-state index in [1.54, 1.807) is 6.92 Å². The molecule has 0 amide bonds. The van der Waals surface area contributed by atoms with Gasteiger partial charge in [-0.2, -0.15) is 0 Å². The molecule has 2 nitrogen and oxygen atoms in total. The van der Waals surface area contributed by atoms with Crippen molar-refractivity contribution in [2.24, 2.45) is 0 Å². The second kappa shape index (κ2) is 5.77. The molecule has 0 saturated heterocycles. The number of ether oxygens (including phenoxy) is 1. The highest BCUT2D eigenvalue weighted by Crippen LogP contribution is 2.19. The monoisotopic (exact) mass is 280 g/mol. The summed E-state index contributed by atoms with van der Waals surface area (Å²) < 4.78 is 44.6. The van der Waals surface area contributed by atoms with E-state index in [9.17, 15) is 18.0 Å². The van der Waals surface area contributed by atoms with Gasteiger partial charge in [-0.1, -0.05) is 6.07 Å². The number of Topliss-reactive ketones (excluding diaryl/α,β-unsaturated/α-hetero) is 1. The maximum Gasteiger partial charge on any atom is 0.203 e. The van der Waals surface area contributed by atoms with E-state index >= 15 is 0 Å². The van der Waals surface area contributed by atoms with Crippen LogP contribution in [0, 0.1) is 24.4 Å². The van der Waals surface area contributed by atoms with Crippen molar-refractivity contribution in [3.8, 4) is 5.75 Å². The summed E-state index contributed by atoms with van der Waals surface area (Å²) in [6.45, 7) is 1.19. The van der Waals surface area contributed by atoms with Crippen molar-refractivity contribution in [3.63, 3.8) is 0 Å². The van der Waals surface area contributed by atoms with Crippen LogP contribution in [0.2, 0.25) is 0 Å². The molecule has 20 heavy (non-hydrogen) atoms. The van der Waals surface area contributed by atoms with Gasteiger partial charge in [-0.3, -0.25) is 4.79 Å². The molecule has 0 fully saturated rings. The number of rotatable bonds is 4. The highest BCUT2D eigenvalue weighted by molar-refractivity contribution is 5.97. The molecule has 0 aliphatic heterocycles. The minimum absolute atomic E-state index is 0.190. The van der Waals surface area contributed by atoms with E-state index in [0.717, 1.165) is 24.3 Å². The van der Waals surface area contributed by atoms with Gasteiger partial charge in [0.15, 0.2) is 6.61 Å². The fourth-order valence-electron chi connectivity index (χ4n) is 1.66. The van der Waals surface area contributed by atoms with Gasteiger partial charge in [0.1, 0.15) is 23.2 Å². The summed E-state index contributed by atoms with van der Waals surface area (Å²) in [4.78, 5) is 11.8. The Morgan fingerprint density at radius 2 is 1.70 bits per heavy atom. The first-order chi connectivity index (χ1) is 9.47. The number of hydrogen-bond donors (Lipinski definition) is 0. The third-order valence-electron chi connectivity index (χ3n) is 2.74. The number of halogens is 3. The number of carbonyl (C=O) groups is 1. The van der Waals surface area contributed by atoms with E-state index in [-0.39, 0.29) is 11.3 Å². The van der Waals surface area contributed by atoms with E-state index in [0.29, 0.717) is 5.56 Å². The summed E-state index contributed by atoms with van der Waals surface area (Å²) in [7, 11) is 0. The van der Waals surface area contributed by atoms with Crippen molar-refractivity contribution in [2.45, 2.75) is 6.92 Å². The van der Waals surface area contributed by atoms with Gasteiger partial charge in [-0.05, 0) is 36.8 Å². The molecule has 0 N–H and O–H groups in total. The summed E-state index contributed by atoms with van der Waals surface area (Å²) in [5.74, 6) is -2.57. The smallest absolute Gasteiger partial charge is 0.203 e. The lowest BCUT2D eigenvalue weighted by atomic mass is 10.1. The number of ketones is 1. The molecule has 0 atom stereocenters. The lowest BCUT2D eigenvalue weighted by Crippen LogP contribution is -2.14. The standard InChI is InChI=1S/C15H11F3O2/c1-9-2-3-11(17)7-15(9)20-8-14(19)12-6-10(16)4-5-13(12)18/h2-7H,8H2,1H3. The molecule has 0 heterocycles. The molecule has 5 heteroatoms. The predicted molar refractivity (Wildman–Crippen MR) is 67.3 cm³/mol. The molecule has 0 aliphatic rings. The molecular weight excluding hydrogens is 269 g/mol. The van der Waals surface area contributed by atoms with Crippen LogP contribution in [0.15, 0.2) is 36.4 Å². The summed E-state index contributed by atoms with van der Waals surface area (Å²) in [6.07, 6.45) is 0. The van der Waals surface area contributed by atoms with Crippen LogP contribution in [0.4, 0.5) is 13.2 Å². The quantitative estimate of drug-likeness (QED) is 0.799. The van der Waals surface area contributed by atoms with Crippen molar-refractivity contribution >= 4 is 5.78 Å². The summed E-state index contributed by atoms with van der Waals surface area (Å²) in [5, 5.41) is 0. The van der Waals surface area contributed by atoms with E-state index in [2.05, 4.69) is 0 Å². The zero-order valence-electron chi connectivity index (χ0n) is 10.6. The van der Waals surface area contributed by atoms with Crippen LogP contribution in [0.5, 0.6) is 5.75 Å². The highest BCUT2D eigenvalue weighted by atomic mass is 19.1. The molecule has 104 valence electrons. The zero-order valence-corrected chi connectivity index (χ0v) is 10.6. The van der Waals surface area contributed by atoms with Crippen molar-refractivity contribution < 1.29 is 22.7 Å². The van der Waals surface area contributed by atoms with Gasteiger partial charge >= 0.3 is 0 Å². The van der Waals surface area contributed by atoms with Crippen LogP contribution in [0.25, 0.3) is 0 Å². The van der Waals surface area contributed by atoms with Crippen LogP contribution >= 0.6 is 0 Å². The minimum Gasteiger partial charge on any atom is -0.485 e.